The van der Waals surface area contributed by atoms with Crippen molar-refractivity contribution in [1.82, 2.24) is 0 Å². The van der Waals surface area contributed by atoms with Crippen LogP contribution in [0.3, 0.4) is 0 Å². The minimum Gasteiger partial charge on any atom is -0.495 e. The van der Waals surface area contributed by atoms with Crippen LogP contribution >= 0.6 is 23.2 Å². The SMILES string of the molecule is COc1ccc(CC(=O)Cl)cc1Cl. The lowest BCUT2D eigenvalue weighted by Crippen LogP contribution is -1.93. The summed E-state index contributed by atoms with van der Waals surface area (Å²) in [4.78, 5) is 10.6. The highest BCUT2D eigenvalue weighted by atomic mass is 35.5. The molecule has 0 radical (unpaired) electrons. The number of methoxy groups -OCH3 is 1. The van der Waals surface area contributed by atoms with E-state index in [1.54, 1.807) is 18.2 Å². The summed E-state index contributed by atoms with van der Waals surface area (Å²) in [7, 11) is 1.54. The van der Waals surface area contributed by atoms with Gasteiger partial charge >= 0.3 is 0 Å². The molecule has 13 heavy (non-hydrogen) atoms. The minimum atomic E-state index is -0.402. The summed E-state index contributed by atoms with van der Waals surface area (Å²) in [5.41, 5.74) is 0.783. The second-order valence-electron chi connectivity index (χ2n) is 2.50. The number of benzene rings is 1. The first-order valence-electron chi connectivity index (χ1n) is 3.64. The zero-order chi connectivity index (χ0) is 9.84. The summed E-state index contributed by atoms with van der Waals surface area (Å²) in [5.74, 6) is 0.590. The molecule has 0 spiro atoms. The quantitative estimate of drug-likeness (QED) is 0.730. The third kappa shape index (κ3) is 2.90. The van der Waals surface area contributed by atoms with Crippen LogP contribution in [0.25, 0.3) is 0 Å². The predicted molar refractivity (Wildman–Crippen MR) is 52.6 cm³/mol. The fourth-order valence-corrected chi connectivity index (χ4v) is 1.41. The van der Waals surface area contributed by atoms with E-state index < -0.39 is 5.24 Å². The number of hydrogen-bond donors (Lipinski definition) is 0. The molecule has 0 saturated carbocycles. The van der Waals surface area contributed by atoms with Gasteiger partial charge in [-0.1, -0.05) is 17.7 Å². The molecule has 0 bridgehead atoms. The highest BCUT2D eigenvalue weighted by Crippen LogP contribution is 2.25. The van der Waals surface area contributed by atoms with Gasteiger partial charge in [-0.3, -0.25) is 4.79 Å². The Labute approximate surface area is 86.4 Å². The van der Waals surface area contributed by atoms with Crippen LogP contribution in [0.15, 0.2) is 18.2 Å². The van der Waals surface area contributed by atoms with E-state index in [4.69, 9.17) is 27.9 Å². The average Bonchev–Trinajstić information content (AvgIpc) is 2.03. The van der Waals surface area contributed by atoms with Gasteiger partial charge in [-0.25, -0.2) is 0 Å². The van der Waals surface area contributed by atoms with E-state index in [0.717, 1.165) is 5.56 Å². The molecule has 0 aromatic heterocycles. The maximum Gasteiger partial charge on any atom is 0.226 e. The Morgan fingerprint density at radius 3 is 2.69 bits per heavy atom. The molecule has 0 saturated heterocycles. The lowest BCUT2D eigenvalue weighted by molar-refractivity contribution is -0.111. The summed E-state index contributed by atoms with van der Waals surface area (Å²) in [6.07, 6.45) is 0.186. The van der Waals surface area contributed by atoms with Crippen molar-refractivity contribution >= 4 is 28.4 Å². The molecule has 1 aromatic carbocycles. The van der Waals surface area contributed by atoms with Crippen LogP contribution in [0, 0.1) is 0 Å². The van der Waals surface area contributed by atoms with Crippen molar-refractivity contribution in [2.75, 3.05) is 7.11 Å². The largest absolute Gasteiger partial charge is 0.495 e. The van der Waals surface area contributed by atoms with E-state index in [0.29, 0.717) is 10.8 Å². The first-order chi connectivity index (χ1) is 6.13. The molecule has 0 heterocycles. The van der Waals surface area contributed by atoms with E-state index in [1.165, 1.54) is 7.11 Å². The van der Waals surface area contributed by atoms with Crippen molar-refractivity contribution in [3.05, 3.63) is 28.8 Å². The van der Waals surface area contributed by atoms with E-state index >= 15 is 0 Å². The Kier molecular flexibility index (Phi) is 3.58. The highest BCUT2D eigenvalue weighted by Gasteiger charge is 2.04. The van der Waals surface area contributed by atoms with Crippen LogP contribution in [0.5, 0.6) is 5.75 Å². The first kappa shape index (κ1) is 10.4. The van der Waals surface area contributed by atoms with Gasteiger partial charge < -0.3 is 4.74 Å². The van der Waals surface area contributed by atoms with Crippen molar-refractivity contribution in [3.8, 4) is 5.75 Å². The van der Waals surface area contributed by atoms with Crippen LogP contribution in [0.1, 0.15) is 5.56 Å². The predicted octanol–water partition coefficient (Wildman–Crippen LogP) is 2.66. The molecule has 0 aliphatic rings. The van der Waals surface area contributed by atoms with Gasteiger partial charge in [0.1, 0.15) is 5.75 Å². The second-order valence-corrected chi connectivity index (χ2v) is 3.33. The third-order valence-corrected chi connectivity index (χ3v) is 1.99. The third-order valence-electron chi connectivity index (χ3n) is 1.56. The zero-order valence-electron chi connectivity index (χ0n) is 7.01. The van der Waals surface area contributed by atoms with Gasteiger partial charge in [0, 0.05) is 6.42 Å². The van der Waals surface area contributed by atoms with Crippen LogP contribution in [-0.4, -0.2) is 12.4 Å². The van der Waals surface area contributed by atoms with Gasteiger partial charge in [0.05, 0.1) is 12.1 Å². The van der Waals surface area contributed by atoms with Crippen LogP contribution < -0.4 is 4.74 Å². The van der Waals surface area contributed by atoms with E-state index in [1.807, 2.05) is 0 Å². The lowest BCUT2D eigenvalue weighted by Gasteiger charge is -2.03. The molecule has 0 aliphatic carbocycles. The molecule has 1 rings (SSSR count). The Bertz CT molecular complexity index is 323. The van der Waals surface area contributed by atoms with Gasteiger partial charge in [0.25, 0.3) is 0 Å². The maximum atomic E-state index is 10.6. The maximum absolute atomic E-state index is 10.6. The van der Waals surface area contributed by atoms with Crippen molar-refractivity contribution in [2.24, 2.45) is 0 Å². The number of hydrogen-bond acceptors (Lipinski definition) is 2. The molecule has 0 atom stereocenters. The highest BCUT2D eigenvalue weighted by molar-refractivity contribution is 6.63. The molecule has 0 N–H and O–H groups in total. The van der Waals surface area contributed by atoms with Crippen molar-refractivity contribution in [1.29, 1.82) is 0 Å². The number of carbonyl (C=O) groups excluding carboxylic acids is 1. The topological polar surface area (TPSA) is 26.3 Å². The molecular formula is C9H8Cl2O2. The Hall–Kier alpha value is -0.730. The van der Waals surface area contributed by atoms with Gasteiger partial charge in [0.15, 0.2) is 0 Å². The van der Waals surface area contributed by atoms with Crippen LogP contribution in [-0.2, 0) is 11.2 Å². The van der Waals surface area contributed by atoms with Crippen LogP contribution in [0.2, 0.25) is 5.02 Å². The van der Waals surface area contributed by atoms with Gasteiger partial charge in [-0.2, -0.15) is 0 Å². The monoisotopic (exact) mass is 218 g/mol. The molecular weight excluding hydrogens is 211 g/mol. The Morgan fingerprint density at radius 2 is 2.23 bits per heavy atom. The summed E-state index contributed by atoms with van der Waals surface area (Å²) in [5, 5.41) is 0.0825. The lowest BCUT2D eigenvalue weighted by atomic mass is 10.1. The fourth-order valence-electron chi connectivity index (χ4n) is 0.980. The number of ether oxygens (including phenoxy) is 1. The number of rotatable bonds is 3. The van der Waals surface area contributed by atoms with E-state index in [-0.39, 0.29) is 6.42 Å². The number of halogens is 2. The standard InChI is InChI=1S/C9H8Cl2O2/c1-13-8-3-2-6(4-7(8)10)5-9(11)12/h2-4H,5H2,1H3. The van der Waals surface area contributed by atoms with Gasteiger partial charge in [0.2, 0.25) is 5.24 Å². The molecule has 70 valence electrons. The molecule has 1 aromatic rings. The minimum absolute atomic E-state index is 0.186. The first-order valence-corrected chi connectivity index (χ1v) is 4.40. The summed E-state index contributed by atoms with van der Waals surface area (Å²) < 4.78 is 4.96. The normalized spacial score (nSPS) is 9.77. The fraction of sp³-hybridized carbons (Fsp3) is 0.222. The molecule has 0 amide bonds. The van der Waals surface area contributed by atoms with Crippen molar-refractivity contribution in [3.63, 3.8) is 0 Å². The molecule has 0 fully saturated rings. The summed E-state index contributed by atoms with van der Waals surface area (Å²) in [6.45, 7) is 0. The van der Waals surface area contributed by atoms with Crippen LogP contribution in [0.4, 0.5) is 0 Å². The summed E-state index contributed by atoms with van der Waals surface area (Å²) in [6, 6.07) is 5.13. The zero-order valence-corrected chi connectivity index (χ0v) is 8.52. The molecule has 0 unspecified atom stereocenters. The molecule has 0 aliphatic heterocycles. The average molecular weight is 219 g/mol. The molecule has 2 nitrogen and oxygen atoms in total. The number of carbonyl (C=O) groups is 1. The molecule has 4 heteroatoms. The van der Waals surface area contributed by atoms with E-state index in [2.05, 4.69) is 0 Å². The van der Waals surface area contributed by atoms with Gasteiger partial charge in [-0.05, 0) is 29.3 Å². The van der Waals surface area contributed by atoms with Crippen molar-refractivity contribution < 1.29 is 9.53 Å². The Balaban J connectivity index is 2.89. The van der Waals surface area contributed by atoms with Gasteiger partial charge in [-0.15, -0.1) is 0 Å². The smallest absolute Gasteiger partial charge is 0.226 e. The summed E-state index contributed by atoms with van der Waals surface area (Å²) >= 11 is 11.1. The van der Waals surface area contributed by atoms with Crippen molar-refractivity contribution in [2.45, 2.75) is 6.42 Å². The Morgan fingerprint density at radius 1 is 1.54 bits per heavy atom. The second kappa shape index (κ2) is 4.49. The van der Waals surface area contributed by atoms with E-state index in [9.17, 15) is 4.79 Å².